The summed E-state index contributed by atoms with van der Waals surface area (Å²) in [6.07, 6.45) is 0. The van der Waals surface area contributed by atoms with E-state index in [0.29, 0.717) is 11.5 Å². The third kappa shape index (κ3) is 4.87. The van der Waals surface area contributed by atoms with Crippen molar-refractivity contribution in [2.75, 3.05) is 13.7 Å². The number of benzene rings is 1. The molecule has 2 N–H and O–H groups in total. The Morgan fingerprint density at radius 3 is 2.37 bits per heavy atom. The Hall–Kier alpha value is -2.24. The van der Waals surface area contributed by atoms with Crippen molar-refractivity contribution >= 4 is 11.8 Å². The summed E-state index contributed by atoms with van der Waals surface area (Å²) in [7, 11) is 1.52. The Balaban J connectivity index is 2.40. The number of hydrogen-bond acceptors (Lipinski definition) is 4. The van der Waals surface area contributed by atoms with Crippen molar-refractivity contribution in [3.05, 3.63) is 24.3 Å². The van der Waals surface area contributed by atoms with Crippen LogP contribution >= 0.6 is 0 Å². The van der Waals surface area contributed by atoms with Gasteiger partial charge in [-0.1, -0.05) is 26.0 Å². The number of amides is 2. The molecule has 0 saturated carbocycles. The van der Waals surface area contributed by atoms with E-state index in [1.807, 2.05) is 0 Å². The van der Waals surface area contributed by atoms with Crippen LogP contribution in [0.4, 0.5) is 0 Å². The topological polar surface area (TPSA) is 76.7 Å². The van der Waals surface area contributed by atoms with E-state index in [1.54, 1.807) is 38.1 Å². The van der Waals surface area contributed by atoms with Crippen LogP contribution in [0.15, 0.2) is 24.3 Å². The van der Waals surface area contributed by atoms with Gasteiger partial charge in [-0.15, -0.1) is 0 Å². The van der Waals surface area contributed by atoms with Crippen LogP contribution in [0.25, 0.3) is 0 Å². The maximum Gasteiger partial charge on any atom is 0.276 e. The SMILES string of the molecule is COc1ccccc1OCC(=O)NNC(=O)C(C)C. The van der Waals surface area contributed by atoms with Gasteiger partial charge >= 0.3 is 0 Å². The van der Waals surface area contributed by atoms with E-state index in [-0.39, 0.29) is 18.4 Å². The van der Waals surface area contributed by atoms with Gasteiger partial charge in [0.15, 0.2) is 18.1 Å². The molecule has 0 spiro atoms. The lowest BCUT2D eigenvalue weighted by molar-refractivity contribution is -0.131. The first-order valence-electron chi connectivity index (χ1n) is 5.89. The molecule has 0 aliphatic rings. The van der Waals surface area contributed by atoms with Gasteiger partial charge in [0.25, 0.3) is 5.91 Å². The molecular weight excluding hydrogens is 248 g/mol. The molecule has 0 aliphatic carbocycles. The number of carbonyl (C=O) groups excluding carboxylic acids is 2. The zero-order valence-corrected chi connectivity index (χ0v) is 11.2. The zero-order valence-electron chi connectivity index (χ0n) is 11.2. The van der Waals surface area contributed by atoms with E-state index >= 15 is 0 Å². The minimum atomic E-state index is -0.445. The fraction of sp³-hybridized carbons (Fsp3) is 0.385. The normalized spacial score (nSPS) is 9.89. The van der Waals surface area contributed by atoms with Crippen LogP contribution in [0.2, 0.25) is 0 Å². The average Bonchev–Trinajstić information content (AvgIpc) is 2.42. The summed E-state index contributed by atoms with van der Waals surface area (Å²) in [5, 5.41) is 0. The lowest BCUT2D eigenvalue weighted by Gasteiger charge is -2.11. The molecule has 0 heterocycles. The van der Waals surface area contributed by atoms with Gasteiger partial charge in [-0.05, 0) is 12.1 Å². The molecule has 1 aromatic rings. The van der Waals surface area contributed by atoms with Gasteiger partial charge in [0, 0.05) is 5.92 Å². The predicted molar refractivity (Wildman–Crippen MR) is 69.6 cm³/mol. The highest BCUT2D eigenvalue weighted by molar-refractivity contribution is 5.83. The lowest BCUT2D eigenvalue weighted by atomic mass is 10.2. The first kappa shape index (κ1) is 14.8. The largest absolute Gasteiger partial charge is 0.493 e. The van der Waals surface area contributed by atoms with E-state index < -0.39 is 5.91 Å². The molecule has 104 valence electrons. The van der Waals surface area contributed by atoms with Crippen LogP contribution in [-0.4, -0.2) is 25.5 Å². The standard InChI is InChI=1S/C13H18N2O4/c1-9(2)13(17)15-14-12(16)8-19-11-7-5-4-6-10(11)18-3/h4-7,9H,8H2,1-3H3,(H,14,16)(H,15,17). The second kappa shape index (κ2) is 7.25. The third-order valence-corrected chi connectivity index (χ3v) is 2.28. The van der Waals surface area contributed by atoms with Gasteiger partial charge in [-0.25, -0.2) is 0 Å². The van der Waals surface area contributed by atoms with Crippen LogP contribution in [0.3, 0.4) is 0 Å². The predicted octanol–water partition coefficient (Wildman–Crippen LogP) is 0.877. The minimum absolute atomic E-state index is 0.199. The van der Waals surface area contributed by atoms with Crippen molar-refractivity contribution in [3.8, 4) is 11.5 Å². The van der Waals surface area contributed by atoms with E-state index in [4.69, 9.17) is 9.47 Å². The second-order valence-corrected chi connectivity index (χ2v) is 4.13. The third-order valence-electron chi connectivity index (χ3n) is 2.28. The van der Waals surface area contributed by atoms with Gasteiger partial charge in [-0.3, -0.25) is 20.4 Å². The van der Waals surface area contributed by atoms with Crippen molar-refractivity contribution in [1.29, 1.82) is 0 Å². The number of carbonyl (C=O) groups is 2. The van der Waals surface area contributed by atoms with Crippen molar-refractivity contribution in [1.82, 2.24) is 10.9 Å². The van der Waals surface area contributed by atoms with Crippen molar-refractivity contribution in [2.45, 2.75) is 13.8 Å². The minimum Gasteiger partial charge on any atom is -0.493 e. The van der Waals surface area contributed by atoms with Crippen molar-refractivity contribution in [3.63, 3.8) is 0 Å². The van der Waals surface area contributed by atoms with E-state index in [1.165, 1.54) is 7.11 Å². The highest BCUT2D eigenvalue weighted by Gasteiger charge is 2.09. The molecule has 6 heteroatoms. The van der Waals surface area contributed by atoms with Gasteiger partial charge in [0.1, 0.15) is 0 Å². The number of hydrazine groups is 1. The van der Waals surface area contributed by atoms with Gasteiger partial charge in [0.05, 0.1) is 7.11 Å². The average molecular weight is 266 g/mol. The molecule has 6 nitrogen and oxygen atoms in total. The van der Waals surface area contributed by atoms with Gasteiger partial charge in [0.2, 0.25) is 5.91 Å². The molecule has 0 bridgehead atoms. The summed E-state index contributed by atoms with van der Waals surface area (Å²) in [6, 6.07) is 7.00. The molecule has 0 saturated heterocycles. The quantitative estimate of drug-likeness (QED) is 0.776. The Morgan fingerprint density at radius 1 is 1.16 bits per heavy atom. The van der Waals surface area contributed by atoms with Crippen LogP contribution in [-0.2, 0) is 9.59 Å². The van der Waals surface area contributed by atoms with Crippen LogP contribution in [0, 0.1) is 5.92 Å². The summed E-state index contributed by atoms with van der Waals surface area (Å²) in [5.41, 5.74) is 4.56. The molecule has 0 fully saturated rings. The zero-order chi connectivity index (χ0) is 14.3. The van der Waals surface area contributed by atoms with Crippen LogP contribution in [0.1, 0.15) is 13.8 Å². The maximum atomic E-state index is 11.5. The smallest absolute Gasteiger partial charge is 0.276 e. The molecule has 0 radical (unpaired) electrons. The lowest BCUT2D eigenvalue weighted by Crippen LogP contribution is -2.45. The molecule has 0 atom stereocenters. The fourth-order valence-electron chi connectivity index (χ4n) is 1.19. The highest BCUT2D eigenvalue weighted by atomic mass is 16.5. The summed E-state index contributed by atoms with van der Waals surface area (Å²) < 4.78 is 10.4. The summed E-state index contributed by atoms with van der Waals surface area (Å²) >= 11 is 0. The molecule has 2 amide bonds. The first-order valence-corrected chi connectivity index (χ1v) is 5.89. The number of rotatable bonds is 5. The number of hydrogen-bond donors (Lipinski definition) is 2. The Labute approximate surface area is 112 Å². The Bertz CT molecular complexity index is 446. The van der Waals surface area contributed by atoms with Crippen molar-refractivity contribution < 1.29 is 19.1 Å². The van der Waals surface area contributed by atoms with Crippen LogP contribution < -0.4 is 20.3 Å². The summed E-state index contributed by atoms with van der Waals surface area (Å²) in [6.45, 7) is 3.25. The van der Waals surface area contributed by atoms with Crippen molar-refractivity contribution in [2.24, 2.45) is 5.92 Å². The first-order chi connectivity index (χ1) is 9.04. The second-order valence-electron chi connectivity index (χ2n) is 4.13. The molecule has 0 aliphatic heterocycles. The Morgan fingerprint density at radius 2 is 1.79 bits per heavy atom. The number of methoxy groups -OCH3 is 1. The number of ether oxygens (including phenoxy) is 2. The highest BCUT2D eigenvalue weighted by Crippen LogP contribution is 2.25. The molecular formula is C13H18N2O4. The summed E-state index contributed by atoms with van der Waals surface area (Å²) in [5.74, 6) is 0.109. The number of nitrogens with one attached hydrogen (secondary N) is 2. The maximum absolute atomic E-state index is 11.5. The van der Waals surface area contributed by atoms with E-state index in [9.17, 15) is 9.59 Å². The summed E-state index contributed by atoms with van der Waals surface area (Å²) in [4.78, 5) is 22.7. The number of para-hydroxylation sites is 2. The molecule has 1 rings (SSSR count). The molecule has 19 heavy (non-hydrogen) atoms. The fourth-order valence-corrected chi connectivity index (χ4v) is 1.19. The van der Waals surface area contributed by atoms with E-state index in [2.05, 4.69) is 10.9 Å². The van der Waals surface area contributed by atoms with Crippen LogP contribution in [0.5, 0.6) is 11.5 Å². The van der Waals surface area contributed by atoms with Gasteiger partial charge < -0.3 is 9.47 Å². The monoisotopic (exact) mass is 266 g/mol. The van der Waals surface area contributed by atoms with E-state index in [0.717, 1.165) is 0 Å². The molecule has 1 aromatic carbocycles. The molecule has 0 aromatic heterocycles. The van der Waals surface area contributed by atoms with Gasteiger partial charge in [-0.2, -0.15) is 0 Å². The molecule has 0 unspecified atom stereocenters. The Kier molecular flexibility index (Phi) is 5.66.